The van der Waals surface area contributed by atoms with Gasteiger partial charge >= 0.3 is 12.2 Å². The number of hydrogen-bond donors (Lipinski definition) is 3. The van der Waals surface area contributed by atoms with Gasteiger partial charge in [0.25, 0.3) is 0 Å². The van der Waals surface area contributed by atoms with E-state index < -0.39 is 34.7 Å². The number of urea groups is 1. The Hall–Kier alpha value is -2.18. The minimum Gasteiger partial charge on any atom is -0.329 e. The van der Waals surface area contributed by atoms with Crippen LogP contribution >= 0.6 is 0 Å². The zero-order valence-corrected chi connectivity index (χ0v) is 17.3. The molecule has 8 nitrogen and oxygen atoms in total. The second-order valence-electron chi connectivity index (χ2n) is 7.25. The number of nitrogens with one attached hydrogen (secondary N) is 3. The summed E-state index contributed by atoms with van der Waals surface area (Å²) in [5, 5.41) is 3.42. The molecule has 2 rings (SSSR count). The van der Waals surface area contributed by atoms with Crippen LogP contribution < -0.4 is 15.4 Å². The van der Waals surface area contributed by atoms with Gasteiger partial charge in [-0.2, -0.15) is 13.2 Å². The number of sulfonamides is 1. The highest BCUT2D eigenvalue weighted by molar-refractivity contribution is 7.89. The SMILES string of the molecule is Cc1ccc(S(=O)(=O)NCC2CCCN(CC(=O)NC(=O)NCC(F)(F)F)C2)cc1. The smallest absolute Gasteiger partial charge is 0.329 e. The zero-order valence-electron chi connectivity index (χ0n) is 16.5. The van der Waals surface area contributed by atoms with Gasteiger partial charge < -0.3 is 5.32 Å². The zero-order chi connectivity index (χ0) is 22.4. The number of nitrogens with zero attached hydrogens (tertiary/aromatic N) is 1. The number of carbonyl (C=O) groups excluding carboxylic acids is 2. The van der Waals surface area contributed by atoms with Gasteiger partial charge in [0.15, 0.2) is 0 Å². The number of imide groups is 1. The Morgan fingerprint density at radius 3 is 2.50 bits per heavy atom. The molecule has 1 heterocycles. The van der Waals surface area contributed by atoms with Gasteiger partial charge in [-0.3, -0.25) is 15.0 Å². The van der Waals surface area contributed by atoms with E-state index in [9.17, 15) is 31.2 Å². The van der Waals surface area contributed by atoms with Crippen LogP contribution in [0.3, 0.4) is 0 Å². The molecule has 1 atom stereocenters. The largest absolute Gasteiger partial charge is 0.405 e. The fourth-order valence-electron chi connectivity index (χ4n) is 3.08. The van der Waals surface area contributed by atoms with Gasteiger partial charge in [-0.15, -0.1) is 0 Å². The van der Waals surface area contributed by atoms with Crippen molar-refractivity contribution in [3.8, 4) is 0 Å². The Morgan fingerprint density at radius 1 is 1.20 bits per heavy atom. The van der Waals surface area contributed by atoms with Crippen LogP contribution in [0.25, 0.3) is 0 Å². The number of aryl methyl sites for hydroxylation is 1. The van der Waals surface area contributed by atoms with E-state index >= 15 is 0 Å². The number of likely N-dealkylation sites (tertiary alicyclic amines) is 1. The Bertz CT molecular complexity index is 844. The number of rotatable bonds is 7. The van der Waals surface area contributed by atoms with E-state index in [0.717, 1.165) is 18.4 Å². The van der Waals surface area contributed by atoms with Gasteiger partial charge in [0.1, 0.15) is 6.54 Å². The summed E-state index contributed by atoms with van der Waals surface area (Å²) in [5.74, 6) is -0.763. The van der Waals surface area contributed by atoms with Crippen LogP contribution in [-0.4, -0.2) is 64.2 Å². The van der Waals surface area contributed by atoms with E-state index in [4.69, 9.17) is 0 Å². The Labute approximate surface area is 173 Å². The fraction of sp³-hybridized carbons (Fsp3) is 0.556. The number of piperidine rings is 1. The molecule has 1 aliphatic rings. The van der Waals surface area contributed by atoms with Crippen LogP contribution in [0.15, 0.2) is 29.2 Å². The van der Waals surface area contributed by atoms with Gasteiger partial charge in [-0.05, 0) is 44.4 Å². The van der Waals surface area contributed by atoms with E-state index in [-0.39, 0.29) is 23.9 Å². The maximum absolute atomic E-state index is 12.4. The molecule has 3 N–H and O–H groups in total. The predicted molar refractivity (Wildman–Crippen MR) is 103 cm³/mol. The average Bonchev–Trinajstić information content (AvgIpc) is 2.65. The van der Waals surface area contributed by atoms with E-state index in [1.54, 1.807) is 22.3 Å². The lowest BCUT2D eigenvalue weighted by Crippen LogP contribution is -2.49. The number of benzene rings is 1. The topological polar surface area (TPSA) is 108 Å². The molecule has 30 heavy (non-hydrogen) atoms. The van der Waals surface area contributed by atoms with Gasteiger partial charge in [0.2, 0.25) is 15.9 Å². The van der Waals surface area contributed by atoms with Crippen molar-refractivity contribution in [1.82, 2.24) is 20.3 Å². The van der Waals surface area contributed by atoms with Crippen molar-refractivity contribution >= 4 is 22.0 Å². The lowest BCUT2D eigenvalue weighted by molar-refractivity contribution is -0.125. The molecule has 12 heteroatoms. The van der Waals surface area contributed by atoms with Crippen LogP contribution in [-0.2, 0) is 14.8 Å². The third-order valence-corrected chi connectivity index (χ3v) is 6.01. The Morgan fingerprint density at radius 2 is 1.87 bits per heavy atom. The predicted octanol–water partition coefficient (Wildman–Crippen LogP) is 1.37. The number of alkyl halides is 3. The van der Waals surface area contributed by atoms with Crippen LogP contribution in [0, 0.1) is 12.8 Å². The molecule has 0 radical (unpaired) electrons. The van der Waals surface area contributed by atoms with Crippen molar-refractivity contribution in [2.24, 2.45) is 5.92 Å². The molecule has 0 aromatic heterocycles. The molecule has 0 bridgehead atoms. The highest BCUT2D eigenvalue weighted by atomic mass is 32.2. The first kappa shape index (κ1) is 24.1. The molecule has 1 aliphatic heterocycles. The minimum absolute atomic E-state index is 0.0363. The number of carbonyl (C=O) groups is 2. The lowest BCUT2D eigenvalue weighted by atomic mass is 9.98. The molecule has 3 amide bonds. The van der Waals surface area contributed by atoms with Crippen molar-refractivity contribution in [1.29, 1.82) is 0 Å². The second-order valence-corrected chi connectivity index (χ2v) is 9.02. The first-order chi connectivity index (χ1) is 13.9. The number of amides is 3. The standard InChI is InChI=1S/C18H25F3N4O4S/c1-13-4-6-15(7-5-13)30(28,29)23-9-14-3-2-8-25(10-14)11-16(26)24-17(27)22-12-18(19,20)21/h4-7,14,23H,2-3,8-12H2,1H3,(H2,22,24,26,27). The number of hydrogen-bond acceptors (Lipinski definition) is 5. The summed E-state index contributed by atoms with van der Waals surface area (Å²) in [6.07, 6.45) is -3.07. The van der Waals surface area contributed by atoms with Crippen LogP contribution in [0.1, 0.15) is 18.4 Å². The molecule has 1 fully saturated rings. The Kier molecular flexibility index (Phi) is 8.21. The molecule has 0 aliphatic carbocycles. The molecule has 1 saturated heterocycles. The summed E-state index contributed by atoms with van der Waals surface area (Å²) in [7, 11) is -3.64. The van der Waals surface area contributed by atoms with E-state index in [1.807, 2.05) is 12.2 Å². The summed E-state index contributed by atoms with van der Waals surface area (Å²) in [6.45, 7) is 1.35. The van der Waals surface area contributed by atoms with Crippen molar-refractivity contribution in [3.05, 3.63) is 29.8 Å². The first-order valence-electron chi connectivity index (χ1n) is 9.38. The van der Waals surface area contributed by atoms with Gasteiger partial charge in [0.05, 0.1) is 11.4 Å². The quantitative estimate of drug-likeness (QED) is 0.582. The molecule has 1 unspecified atom stereocenters. The van der Waals surface area contributed by atoms with Crippen LogP contribution in [0.5, 0.6) is 0 Å². The van der Waals surface area contributed by atoms with Crippen LogP contribution in [0.2, 0.25) is 0 Å². The molecule has 1 aromatic rings. The molecule has 168 valence electrons. The highest BCUT2D eigenvalue weighted by Crippen LogP contribution is 2.17. The number of halogens is 3. The van der Waals surface area contributed by atoms with Gasteiger partial charge in [0, 0.05) is 13.1 Å². The summed E-state index contributed by atoms with van der Waals surface area (Å²) in [5.41, 5.74) is 0.947. The molecular formula is C18H25F3N4O4S. The third-order valence-electron chi connectivity index (χ3n) is 4.57. The third kappa shape index (κ3) is 8.28. The fourth-order valence-corrected chi connectivity index (χ4v) is 4.20. The lowest BCUT2D eigenvalue weighted by Gasteiger charge is -2.32. The van der Waals surface area contributed by atoms with E-state index in [2.05, 4.69) is 4.72 Å². The molecule has 0 saturated carbocycles. The summed E-state index contributed by atoms with van der Waals surface area (Å²) >= 11 is 0. The normalized spacial score (nSPS) is 18.1. The van der Waals surface area contributed by atoms with Crippen LogP contribution in [0.4, 0.5) is 18.0 Å². The molecule has 0 spiro atoms. The van der Waals surface area contributed by atoms with Gasteiger partial charge in [-0.1, -0.05) is 17.7 Å². The summed E-state index contributed by atoms with van der Waals surface area (Å²) < 4.78 is 63.5. The minimum atomic E-state index is -4.56. The first-order valence-corrected chi connectivity index (χ1v) is 10.9. The van der Waals surface area contributed by atoms with E-state index in [1.165, 1.54) is 12.1 Å². The second kappa shape index (κ2) is 10.2. The maximum atomic E-state index is 12.4. The maximum Gasteiger partial charge on any atom is 0.405 e. The summed E-state index contributed by atoms with van der Waals surface area (Å²) in [4.78, 5) is 25.1. The van der Waals surface area contributed by atoms with Crippen molar-refractivity contribution in [3.63, 3.8) is 0 Å². The van der Waals surface area contributed by atoms with Crippen molar-refractivity contribution in [2.75, 3.05) is 32.7 Å². The highest BCUT2D eigenvalue weighted by Gasteiger charge is 2.28. The Balaban J connectivity index is 1.79. The monoisotopic (exact) mass is 450 g/mol. The van der Waals surface area contributed by atoms with E-state index in [0.29, 0.717) is 13.1 Å². The van der Waals surface area contributed by atoms with Crippen molar-refractivity contribution < 1.29 is 31.2 Å². The van der Waals surface area contributed by atoms with Crippen molar-refractivity contribution in [2.45, 2.75) is 30.8 Å². The van der Waals surface area contributed by atoms with Gasteiger partial charge in [-0.25, -0.2) is 17.9 Å². The average molecular weight is 450 g/mol. The molecule has 1 aromatic carbocycles. The summed E-state index contributed by atoms with van der Waals surface area (Å²) in [6, 6.07) is 5.26. The molecular weight excluding hydrogens is 425 g/mol.